The lowest BCUT2D eigenvalue weighted by molar-refractivity contribution is 0.493. The van der Waals surface area contributed by atoms with E-state index in [0.29, 0.717) is 17.4 Å². The zero-order valence-electron chi connectivity index (χ0n) is 14.1. The summed E-state index contributed by atoms with van der Waals surface area (Å²) in [5.74, 6) is 1.35. The molecular formula is C20H19N3O2. The second-order valence-electron chi connectivity index (χ2n) is 6.52. The van der Waals surface area contributed by atoms with Crippen molar-refractivity contribution < 1.29 is 9.47 Å². The molecule has 0 bridgehead atoms. The van der Waals surface area contributed by atoms with Crippen molar-refractivity contribution in [2.45, 2.75) is 13.8 Å². The Bertz CT molecular complexity index is 823. The van der Waals surface area contributed by atoms with Gasteiger partial charge in [0, 0.05) is 0 Å². The Morgan fingerprint density at radius 1 is 0.960 bits per heavy atom. The first-order valence-electron chi connectivity index (χ1n) is 8.05. The molecule has 0 aliphatic heterocycles. The third-order valence-electron chi connectivity index (χ3n) is 4.47. The van der Waals surface area contributed by atoms with E-state index in [-0.39, 0.29) is 23.1 Å². The summed E-state index contributed by atoms with van der Waals surface area (Å²) in [6, 6.07) is 18.5. The molecule has 1 fully saturated rings. The maximum absolute atomic E-state index is 9.02. The van der Waals surface area contributed by atoms with E-state index in [1.807, 2.05) is 80.7 Å². The van der Waals surface area contributed by atoms with Gasteiger partial charge in [-0.05, 0) is 29.7 Å². The van der Waals surface area contributed by atoms with Crippen molar-refractivity contribution in [3.8, 4) is 17.7 Å². The number of para-hydroxylation sites is 2. The number of hydrogen-bond acceptors (Lipinski definition) is 5. The number of ether oxygens (including phenoxy) is 2. The molecule has 0 radical (unpaired) electrons. The number of aliphatic imine (C=N–C) groups is 1. The predicted molar refractivity (Wildman–Crippen MR) is 95.7 cm³/mol. The highest BCUT2D eigenvalue weighted by Gasteiger charge is 2.65. The van der Waals surface area contributed by atoms with Gasteiger partial charge in [-0.15, -0.1) is 4.99 Å². The molecule has 0 aromatic heterocycles. The Kier molecular flexibility index (Phi) is 4.53. The Morgan fingerprint density at radius 3 is 2.00 bits per heavy atom. The molecular weight excluding hydrogens is 314 g/mol. The van der Waals surface area contributed by atoms with E-state index in [2.05, 4.69) is 4.99 Å². The molecule has 2 unspecified atom stereocenters. The first kappa shape index (κ1) is 16.7. The summed E-state index contributed by atoms with van der Waals surface area (Å²) < 4.78 is 11.5. The van der Waals surface area contributed by atoms with Crippen LogP contribution in [-0.2, 0) is 0 Å². The molecule has 1 N–H and O–H groups in total. The molecule has 126 valence electrons. The molecule has 2 aromatic rings. The van der Waals surface area contributed by atoms with Crippen LogP contribution in [-0.4, -0.2) is 11.8 Å². The fraction of sp³-hybridized carbons (Fsp3) is 0.250. The quantitative estimate of drug-likeness (QED) is 0.515. The lowest BCUT2D eigenvalue weighted by Gasteiger charge is -2.08. The van der Waals surface area contributed by atoms with Gasteiger partial charge in [-0.1, -0.05) is 50.2 Å². The minimum absolute atomic E-state index is 0.156. The topological polar surface area (TPSA) is 78.5 Å². The van der Waals surface area contributed by atoms with Gasteiger partial charge in [-0.3, -0.25) is 5.41 Å². The van der Waals surface area contributed by atoms with Crippen molar-refractivity contribution in [2.75, 3.05) is 0 Å². The molecule has 5 nitrogen and oxygen atoms in total. The van der Waals surface area contributed by atoms with Crippen LogP contribution >= 0.6 is 0 Å². The molecule has 2 atom stereocenters. The van der Waals surface area contributed by atoms with Crippen molar-refractivity contribution in [3.05, 3.63) is 60.7 Å². The average molecular weight is 333 g/mol. The fourth-order valence-electron chi connectivity index (χ4n) is 3.08. The predicted octanol–water partition coefficient (Wildman–Crippen LogP) is 4.27. The van der Waals surface area contributed by atoms with E-state index in [4.69, 9.17) is 20.1 Å². The Hall–Kier alpha value is -3.13. The van der Waals surface area contributed by atoms with Gasteiger partial charge in [-0.25, -0.2) is 0 Å². The largest absolute Gasteiger partial charge is 0.443 e. The molecule has 25 heavy (non-hydrogen) atoms. The van der Waals surface area contributed by atoms with Crippen LogP contribution in [0, 0.1) is 34.1 Å². The molecule has 1 saturated carbocycles. The van der Waals surface area contributed by atoms with Crippen molar-refractivity contribution in [1.82, 2.24) is 0 Å². The smallest absolute Gasteiger partial charge is 0.210 e. The van der Waals surface area contributed by atoms with E-state index in [1.165, 1.54) is 0 Å². The summed E-state index contributed by atoms with van der Waals surface area (Å²) in [6.45, 7) is 4.04. The summed E-state index contributed by atoms with van der Waals surface area (Å²) in [6.07, 6.45) is 1.81. The molecule has 0 saturated heterocycles. The molecule has 0 amide bonds. The van der Waals surface area contributed by atoms with Crippen molar-refractivity contribution >= 4 is 11.8 Å². The third-order valence-corrected chi connectivity index (χ3v) is 4.47. The second-order valence-corrected chi connectivity index (χ2v) is 6.52. The highest BCUT2D eigenvalue weighted by molar-refractivity contribution is 5.95. The van der Waals surface area contributed by atoms with E-state index >= 15 is 0 Å². The van der Waals surface area contributed by atoms with E-state index in [0.717, 1.165) is 0 Å². The maximum atomic E-state index is 9.02. The fourth-order valence-corrected chi connectivity index (χ4v) is 3.08. The molecule has 3 rings (SSSR count). The number of hydrogen-bond donors (Lipinski definition) is 1. The van der Waals surface area contributed by atoms with Crippen LogP contribution < -0.4 is 9.47 Å². The van der Waals surface area contributed by atoms with Crippen LogP contribution in [0.1, 0.15) is 13.8 Å². The molecule has 2 aromatic carbocycles. The van der Waals surface area contributed by atoms with Crippen LogP contribution in [0.4, 0.5) is 0 Å². The van der Waals surface area contributed by atoms with E-state index in [1.54, 1.807) is 0 Å². The molecule has 5 heteroatoms. The number of benzene rings is 2. The highest BCUT2D eigenvalue weighted by Crippen LogP contribution is 2.59. The maximum Gasteiger partial charge on any atom is 0.210 e. The van der Waals surface area contributed by atoms with Gasteiger partial charge in [0.05, 0.1) is 11.8 Å². The molecule has 1 aliphatic rings. The zero-order valence-corrected chi connectivity index (χ0v) is 14.1. The third kappa shape index (κ3) is 3.53. The monoisotopic (exact) mass is 333 g/mol. The first-order chi connectivity index (χ1) is 12.0. The lowest BCUT2D eigenvalue weighted by atomic mass is 10.1. The van der Waals surface area contributed by atoms with Crippen LogP contribution in [0.5, 0.6) is 11.5 Å². The van der Waals surface area contributed by atoms with Crippen LogP contribution in [0.3, 0.4) is 0 Å². The standard InChI is InChI=1S/C20H19N3O2/c1-20(2)16(18(22)24-14-9-5-3-6-10-14)17(20)19(23-13-21)25-15-11-7-4-8-12-15/h3-12,16-17,22H,1-2H3. The molecule has 0 heterocycles. The van der Waals surface area contributed by atoms with Gasteiger partial charge < -0.3 is 9.47 Å². The summed E-state index contributed by atoms with van der Waals surface area (Å²) in [5.41, 5.74) is -0.268. The number of rotatable bonds is 4. The summed E-state index contributed by atoms with van der Waals surface area (Å²) >= 11 is 0. The summed E-state index contributed by atoms with van der Waals surface area (Å²) in [5, 5.41) is 17.3. The zero-order chi connectivity index (χ0) is 17.9. The Balaban J connectivity index is 1.77. The summed E-state index contributed by atoms with van der Waals surface area (Å²) in [4.78, 5) is 3.86. The van der Waals surface area contributed by atoms with Gasteiger partial charge in [0.15, 0.2) is 5.90 Å². The minimum atomic E-state index is -0.268. The van der Waals surface area contributed by atoms with Crippen molar-refractivity contribution in [1.29, 1.82) is 10.7 Å². The van der Waals surface area contributed by atoms with E-state index < -0.39 is 0 Å². The Morgan fingerprint density at radius 2 is 1.48 bits per heavy atom. The van der Waals surface area contributed by atoms with Crippen LogP contribution in [0.2, 0.25) is 0 Å². The van der Waals surface area contributed by atoms with Crippen molar-refractivity contribution in [2.24, 2.45) is 22.2 Å². The number of nitrogens with one attached hydrogen (secondary N) is 1. The number of nitriles is 1. The molecule has 1 aliphatic carbocycles. The first-order valence-corrected chi connectivity index (χ1v) is 8.05. The van der Waals surface area contributed by atoms with Gasteiger partial charge in [-0.2, -0.15) is 5.26 Å². The highest BCUT2D eigenvalue weighted by atomic mass is 16.5. The van der Waals surface area contributed by atoms with E-state index in [9.17, 15) is 0 Å². The van der Waals surface area contributed by atoms with Crippen LogP contribution in [0.15, 0.2) is 65.7 Å². The second kappa shape index (κ2) is 6.78. The van der Waals surface area contributed by atoms with Gasteiger partial charge in [0.1, 0.15) is 11.5 Å². The summed E-state index contributed by atoms with van der Waals surface area (Å²) in [7, 11) is 0. The normalized spacial score (nSPS) is 21.1. The minimum Gasteiger partial charge on any atom is -0.443 e. The Labute approximate surface area is 147 Å². The SMILES string of the molecule is CC1(C)C(C(=N)Oc2ccccc2)C1C(=NC#N)Oc1ccccc1. The lowest BCUT2D eigenvalue weighted by Crippen LogP contribution is -2.17. The number of nitrogens with zero attached hydrogens (tertiary/aromatic N) is 2. The average Bonchev–Trinajstić information content (AvgIpc) is 3.18. The van der Waals surface area contributed by atoms with Gasteiger partial charge >= 0.3 is 0 Å². The molecule has 0 spiro atoms. The van der Waals surface area contributed by atoms with Crippen LogP contribution in [0.25, 0.3) is 0 Å². The van der Waals surface area contributed by atoms with Crippen molar-refractivity contribution in [3.63, 3.8) is 0 Å². The van der Waals surface area contributed by atoms with Gasteiger partial charge in [0.25, 0.3) is 0 Å². The van der Waals surface area contributed by atoms with Gasteiger partial charge in [0.2, 0.25) is 12.1 Å².